The number of aliphatic hydroxyl groups is 1. The van der Waals surface area contributed by atoms with Gasteiger partial charge >= 0.3 is 6.36 Å². The Morgan fingerprint density at radius 1 is 1.18 bits per heavy atom. The van der Waals surface area contributed by atoms with Crippen LogP contribution in [-0.4, -0.2) is 27.0 Å². The smallest absolute Gasteiger partial charge is 0.405 e. The summed E-state index contributed by atoms with van der Waals surface area (Å²) in [7, 11) is 0. The van der Waals surface area contributed by atoms with Gasteiger partial charge in [0.2, 0.25) is 5.95 Å². The molecule has 174 valence electrons. The Balaban J connectivity index is 1.32. The zero-order valence-corrected chi connectivity index (χ0v) is 18.0. The van der Waals surface area contributed by atoms with E-state index in [2.05, 4.69) is 26.1 Å². The van der Waals surface area contributed by atoms with Crippen LogP contribution in [0.25, 0.3) is 0 Å². The highest BCUT2D eigenvalue weighted by molar-refractivity contribution is 5.40. The van der Waals surface area contributed by atoms with Crippen LogP contribution in [0.4, 0.5) is 19.1 Å². The van der Waals surface area contributed by atoms with Crippen molar-refractivity contribution in [3.8, 4) is 11.8 Å². The molecular formula is C24H25F3N4O2. The van der Waals surface area contributed by atoms with Crippen LogP contribution in [0, 0.1) is 35.0 Å². The average molecular weight is 458 g/mol. The number of nitrogens with zero attached hydrogens (tertiary/aromatic N) is 3. The second kappa shape index (κ2) is 8.17. The Hall–Kier alpha value is -2.86. The summed E-state index contributed by atoms with van der Waals surface area (Å²) >= 11 is 0. The van der Waals surface area contributed by atoms with Crippen LogP contribution in [0.3, 0.4) is 0 Å². The summed E-state index contributed by atoms with van der Waals surface area (Å²) in [5, 5.41) is 23.4. The molecule has 2 aromatic rings. The van der Waals surface area contributed by atoms with Gasteiger partial charge in [-0.15, -0.1) is 13.2 Å². The summed E-state index contributed by atoms with van der Waals surface area (Å²) in [4.78, 5) is 8.74. The van der Waals surface area contributed by atoms with E-state index in [-0.39, 0.29) is 18.2 Å². The predicted molar refractivity (Wildman–Crippen MR) is 113 cm³/mol. The van der Waals surface area contributed by atoms with Gasteiger partial charge < -0.3 is 15.2 Å². The first-order chi connectivity index (χ1) is 15.7. The molecule has 0 spiro atoms. The minimum Gasteiger partial charge on any atom is -0.405 e. The lowest BCUT2D eigenvalue weighted by molar-refractivity contribution is -0.274. The minimum absolute atomic E-state index is 0.0426. The van der Waals surface area contributed by atoms with Crippen LogP contribution < -0.4 is 10.1 Å². The van der Waals surface area contributed by atoms with Crippen molar-refractivity contribution in [2.75, 3.05) is 5.32 Å². The van der Waals surface area contributed by atoms with Crippen molar-refractivity contribution < 1.29 is 23.0 Å². The van der Waals surface area contributed by atoms with Crippen LogP contribution in [-0.2, 0) is 13.0 Å². The molecule has 6 nitrogen and oxygen atoms in total. The highest BCUT2D eigenvalue weighted by Crippen LogP contribution is 2.58. The van der Waals surface area contributed by atoms with Gasteiger partial charge in [-0.3, -0.25) is 0 Å². The molecule has 2 N–H and O–H groups in total. The molecule has 6 rings (SSSR count). The highest BCUT2D eigenvalue weighted by atomic mass is 19.4. The molecule has 1 aromatic carbocycles. The summed E-state index contributed by atoms with van der Waals surface area (Å²) in [6.45, 7) is 0.0426. The van der Waals surface area contributed by atoms with Crippen molar-refractivity contribution in [3.63, 3.8) is 0 Å². The SMILES string of the molecule is N#Cc1cnc(NCc2ccccc2OC(F)(F)F)nc1CC1[C@@H]2CC3C[C@H]1CC(O)(C3)C2. The molecular weight excluding hydrogens is 433 g/mol. The van der Waals surface area contributed by atoms with Gasteiger partial charge in [0.1, 0.15) is 11.8 Å². The van der Waals surface area contributed by atoms with Crippen molar-refractivity contribution in [1.29, 1.82) is 5.26 Å². The fourth-order valence-corrected chi connectivity index (χ4v) is 6.44. The lowest BCUT2D eigenvalue weighted by atomic mass is 9.49. The first-order valence-electron chi connectivity index (χ1n) is 11.3. The molecule has 4 aliphatic rings. The van der Waals surface area contributed by atoms with Crippen molar-refractivity contribution >= 4 is 5.95 Å². The molecule has 0 saturated heterocycles. The van der Waals surface area contributed by atoms with E-state index >= 15 is 0 Å². The lowest BCUT2D eigenvalue weighted by Crippen LogP contribution is -2.55. The van der Waals surface area contributed by atoms with Gasteiger partial charge in [-0.05, 0) is 68.3 Å². The third kappa shape index (κ3) is 4.62. The standard InChI is InChI=1S/C24H25F3N4O2/c25-24(26,27)33-21-4-2-1-3-15(21)12-29-22-30-13-18(11-28)20(31-22)7-19-16-5-14-6-17(19)10-23(32,8-14)9-16/h1-4,13-14,16-17,19,32H,5-10,12H2,(H,29,30,31)/t14?,16-,17+,19?,23?. The average Bonchev–Trinajstić information content (AvgIpc) is 2.73. The topological polar surface area (TPSA) is 91.1 Å². The van der Waals surface area contributed by atoms with E-state index in [0.29, 0.717) is 46.9 Å². The Bertz CT molecular complexity index is 1070. The normalized spacial score (nSPS) is 30.2. The van der Waals surface area contributed by atoms with E-state index in [0.717, 1.165) is 32.1 Å². The van der Waals surface area contributed by atoms with E-state index in [4.69, 9.17) is 0 Å². The van der Waals surface area contributed by atoms with E-state index < -0.39 is 12.0 Å². The van der Waals surface area contributed by atoms with Crippen LogP contribution in [0.5, 0.6) is 5.75 Å². The lowest BCUT2D eigenvalue weighted by Gasteiger charge is -2.58. The summed E-state index contributed by atoms with van der Waals surface area (Å²) in [6.07, 6.45) is 2.13. The molecule has 5 atom stereocenters. The Morgan fingerprint density at radius 2 is 1.91 bits per heavy atom. The maximum Gasteiger partial charge on any atom is 0.573 e. The van der Waals surface area contributed by atoms with E-state index in [1.54, 1.807) is 6.07 Å². The van der Waals surface area contributed by atoms with Crippen LogP contribution in [0.2, 0.25) is 0 Å². The zero-order chi connectivity index (χ0) is 23.2. The molecule has 1 aromatic heterocycles. The number of nitriles is 1. The number of nitrogens with one attached hydrogen (secondary N) is 1. The quantitative estimate of drug-likeness (QED) is 0.658. The van der Waals surface area contributed by atoms with Crippen molar-refractivity contribution in [1.82, 2.24) is 9.97 Å². The largest absolute Gasteiger partial charge is 0.573 e. The number of ether oxygens (including phenoxy) is 1. The molecule has 4 saturated carbocycles. The first kappa shape index (κ1) is 22.0. The number of alkyl halides is 3. The highest BCUT2D eigenvalue weighted by Gasteiger charge is 2.54. The molecule has 3 unspecified atom stereocenters. The summed E-state index contributed by atoms with van der Waals surface area (Å²) in [6, 6.07) is 8.07. The molecule has 1 heterocycles. The molecule has 0 radical (unpaired) electrons. The molecule has 33 heavy (non-hydrogen) atoms. The predicted octanol–water partition coefficient (Wildman–Crippen LogP) is 4.59. The summed E-state index contributed by atoms with van der Waals surface area (Å²) in [5.74, 6) is 1.82. The van der Waals surface area contributed by atoms with Crippen LogP contribution in [0.1, 0.15) is 48.9 Å². The minimum atomic E-state index is -4.78. The van der Waals surface area contributed by atoms with Crippen molar-refractivity contribution in [3.05, 3.63) is 47.3 Å². The maximum absolute atomic E-state index is 12.7. The second-order valence-electron chi connectivity index (χ2n) is 9.74. The number of para-hydroxylation sites is 1. The first-order valence-corrected chi connectivity index (χ1v) is 11.3. The summed E-state index contributed by atoms with van der Waals surface area (Å²) in [5.41, 5.74) is 0.863. The number of benzene rings is 1. The second-order valence-corrected chi connectivity index (χ2v) is 9.74. The van der Waals surface area contributed by atoms with Gasteiger partial charge in [-0.25, -0.2) is 9.97 Å². The van der Waals surface area contributed by atoms with Gasteiger partial charge in [0.15, 0.2) is 0 Å². The third-order valence-corrected chi connectivity index (χ3v) is 7.49. The Labute approximate surface area is 189 Å². The Kier molecular flexibility index (Phi) is 5.44. The number of rotatable bonds is 6. The van der Waals surface area contributed by atoms with E-state index in [9.17, 15) is 23.5 Å². The molecule has 9 heteroatoms. The monoisotopic (exact) mass is 458 g/mol. The van der Waals surface area contributed by atoms with Gasteiger partial charge in [0, 0.05) is 12.1 Å². The van der Waals surface area contributed by atoms with Crippen LogP contribution >= 0.6 is 0 Å². The van der Waals surface area contributed by atoms with Crippen LogP contribution in [0.15, 0.2) is 30.5 Å². The summed E-state index contributed by atoms with van der Waals surface area (Å²) < 4.78 is 42.1. The Morgan fingerprint density at radius 3 is 2.58 bits per heavy atom. The molecule has 0 amide bonds. The fraction of sp³-hybridized carbons (Fsp3) is 0.542. The van der Waals surface area contributed by atoms with E-state index in [1.165, 1.54) is 24.4 Å². The fourth-order valence-electron chi connectivity index (χ4n) is 6.44. The third-order valence-electron chi connectivity index (χ3n) is 7.49. The van der Waals surface area contributed by atoms with Gasteiger partial charge in [-0.1, -0.05) is 18.2 Å². The number of hydrogen-bond donors (Lipinski definition) is 2. The number of hydrogen-bond acceptors (Lipinski definition) is 6. The van der Waals surface area contributed by atoms with Gasteiger partial charge in [-0.2, -0.15) is 5.26 Å². The molecule has 0 aliphatic heterocycles. The maximum atomic E-state index is 12.7. The molecule has 4 bridgehead atoms. The number of aromatic nitrogens is 2. The van der Waals surface area contributed by atoms with Crippen molar-refractivity contribution in [2.24, 2.45) is 23.7 Å². The zero-order valence-electron chi connectivity index (χ0n) is 18.0. The van der Waals surface area contributed by atoms with Gasteiger partial charge in [0.25, 0.3) is 0 Å². The molecule has 4 fully saturated rings. The number of anilines is 1. The van der Waals surface area contributed by atoms with E-state index in [1.807, 2.05) is 0 Å². The molecule has 4 aliphatic carbocycles. The number of halogens is 3. The van der Waals surface area contributed by atoms with Crippen molar-refractivity contribution in [2.45, 2.75) is 57.0 Å². The van der Waals surface area contributed by atoms with Gasteiger partial charge in [0.05, 0.1) is 23.1 Å².